The highest BCUT2D eigenvalue weighted by Gasteiger charge is 2.57. The van der Waals surface area contributed by atoms with Crippen LogP contribution < -0.4 is 19.1 Å². The van der Waals surface area contributed by atoms with Crippen molar-refractivity contribution in [1.82, 2.24) is 4.98 Å². The molecule has 4 heterocycles. The lowest BCUT2D eigenvalue weighted by atomic mass is 9.65. The lowest BCUT2D eigenvalue weighted by molar-refractivity contribution is 0.00578. The first-order valence-electron chi connectivity index (χ1n) is 13.5. The molecule has 0 aliphatic carbocycles. The molecule has 0 saturated carbocycles. The number of aromatic nitrogens is 1. The first-order chi connectivity index (χ1) is 18.7. The van der Waals surface area contributed by atoms with Gasteiger partial charge in [0.1, 0.15) is 17.4 Å². The van der Waals surface area contributed by atoms with Crippen molar-refractivity contribution in [2.75, 3.05) is 24.8 Å². The number of fused-ring (bicyclic) bond motifs is 1. The number of nitrogens with zero attached hydrogens (tertiary/aromatic N) is 2. The number of halogens is 1. The molecule has 7 nitrogen and oxygen atoms in total. The van der Waals surface area contributed by atoms with E-state index in [9.17, 15) is 4.39 Å². The summed E-state index contributed by atoms with van der Waals surface area (Å²) < 4.78 is 44.3. The van der Waals surface area contributed by atoms with Gasteiger partial charge in [-0.3, -0.25) is 0 Å². The van der Waals surface area contributed by atoms with Crippen LogP contribution in [0.4, 0.5) is 10.2 Å². The third kappa shape index (κ3) is 5.05. The second kappa shape index (κ2) is 10.0. The molecule has 2 unspecified atom stereocenters. The molecule has 3 aliphatic heterocycles. The van der Waals surface area contributed by atoms with Crippen LogP contribution in [0.1, 0.15) is 45.6 Å². The van der Waals surface area contributed by atoms with Gasteiger partial charge in [-0.1, -0.05) is 18.2 Å². The summed E-state index contributed by atoms with van der Waals surface area (Å²) in [6.07, 6.45) is 2.54. The molecule has 2 aromatic carbocycles. The van der Waals surface area contributed by atoms with Crippen LogP contribution in [0.3, 0.4) is 0 Å². The molecule has 3 aromatic rings. The molecule has 0 bridgehead atoms. The van der Waals surface area contributed by atoms with Crippen LogP contribution in [-0.4, -0.2) is 49.2 Å². The zero-order valence-corrected chi connectivity index (χ0v) is 22.8. The van der Waals surface area contributed by atoms with Crippen LogP contribution in [0.25, 0.3) is 0 Å². The van der Waals surface area contributed by atoms with Gasteiger partial charge in [0.05, 0.1) is 23.8 Å². The topological polar surface area (TPSA) is 62.3 Å². The molecule has 2 fully saturated rings. The van der Waals surface area contributed by atoms with E-state index in [0.717, 1.165) is 29.3 Å². The van der Waals surface area contributed by atoms with Crippen LogP contribution in [0, 0.1) is 11.7 Å². The van der Waals surface area contributed by atoms with Gasteiger partial charge < -0.3 is 28.4 Å². The van der Waals surface area contributed by atoms with Crippen LogP contribution in [0.15, 0.2) is 66.9 Å². The highest BCUT2D eigenvalue weighted by molar-refractivity contribution is 6.48. The van der Waals surface area contributed by atoms with E-state index in [4.69, 9.17) is 28.5 Å². The maximum absolute atomic E-state index is 13.9. The van der Waals surface area contributed by atoms with Crippen molar-refractivity contribution in [1.29, 1.82) is 0 Å². The van der Waals surface area contributed by atoms with Gasteiger partial charge in [-0.15, -0.1) is 0 Å². The first kappa shape index (κ1) is 26.0. The fraction of sp³-hybridized carbons (Fsp3) is 0.433. The molecule has 0 N–H and O–H groups in total. The van der Waals surface area contributed by atoms with Crippen molar-refractivity contribution in [3.05, 3.63) is 78.2 Å². The number of benzene rings is 2. The molecule has 9 heteroatoms. The van der Waals surface area contributed by atoms with E-state index in [1.54, 1.807) is 6.20 Å². The van der Waals surface area contributed by atoms with Gasteiger partial charge >= 0.3 is 7.12 Å². The molecule has 6 rings (SSSR count). The Kier molecular flexibility index (Phi) is 6.67. The third-order valence-electron chi connectivity index (χ3n) is 8.53. The Hall–Kier alpha value is -3.30. The van der Waals surface area contributed by atoms with Crippen molar-refractivity contribution in [3.8, 4) is 17.2 Å². The predicted molar refractivity (Wildman–Crippen MR) is 147 cm³/mol. The highest BCUT2D eigenvalue weighted by Crippen LogP contribution is 2.44. The van der Waals surface area contributed by atoms with Gasteiger partial charge in [0.25, 0.3) is 0 Å². The molecule has 2 saturated heterocycles. The number of anilines is 1. The summed E-state index contributed by atoms with van der Waals surface area (Å²) in [5, 5.41) is 0. The number of hydrogen-bond donors (Lipinski definition) is 0. The molecular weight excluding hydrogens is 498 g/mol. The van der Waals surface area contributed by atoms with E-state index >= 15 is 0 Å². The average Bonchev–Trinajstić information content (AvgIpc) is 3.48. The molecule has 0 spiro atoms. The van der Waals surface area contributed by atoms with Crippen LogP contribution >= 0.6 is 0 Å². The van der Waals surface area contributed by atoms with Gasteiger partial charge in [0.2, 0.25) is 6.79 Å². The molecule has 1 aromatic heterocycles. The standard InChI is InChI=1S/C30H34BFN2O5/c1-29(2)30(3,4)39-31(38-29)27-16-24(20-8-10-22(32)11-9-20)21(17-34(27)28-7-5-6-14-33-28)18-35-23-12-13-25-26(15-23)37-19-36-25/h5-15,21,24,27H,16-19H2,1-4H3/t21?,24?,27-/m1/s1. The van der Waals surface area contributed by atoms with E-state index in [0.29, 0.717) is 18.9 Å². The van der Waals surface area contributed by atoms with Crippen LogP contribution in [-0.2, 0) is 9.31 Å². The Morgan fingerprint density at radius 2 is 1.72 bits per heavy atom. The zero-order chi connectivity index (χ0) is 27.2. The molecule has 39 heavy (non-hydrogen) atoms. The summed E-state index contributed by atoms with van der Waals surface area (Å²) in [4.78, 5) is 6.98. The molecule has 204 valence electrons. The summed E-state index contributed by atoms with van der Waals surface area (Å²) in [5.74, 6) is 2.80. The quantitative estimate of drug-likeness (QED) is 0.381. The molecule has 3 aliphatic rings. The summed E-state index contributed by atoms with van der Waals surface area (Å²) in [7, 11) is -0.448. The van der Waals surface area contributed by atoms with Crippen molar-refractivity contribution >= 4 is 12.9 Å². The maximum atomic E-state index is 13.9. The SMILES string of the molecule is CC1(C)OB([C@H]2CC(c3ccc(F)cc3)C(COc3ccc4c(c3)OCO4)CN2c2ccccn2)OC1(C)C. The molecular formula is C30H34BFN2O5. The monoisotopic (exact) mass is 532 g/mol. The van der Waals surface area contributed by atoms with Crippen molar-refractivity contribution in [3.63, 3.8) is 0 Å². The van der Waals surface area contributed by atoms with E-state index in [-0.39, 0.29) is 30.4 Å². The first-order valence-corrected chi connectivity index (χ1v) is 13.5. The minimum absolute atomic E-state index is 0.0848. The summed E-state index contributed by atoms with van der Waals surface area (Å²) in [6, 6.07) is 18.4. The Morgan fingerprint density at radius 3 is 2.44 bits per heavy atom. The fourth-order valence-electron chi connectivity index (χ4n) is 5.64. The number of hydrogen-bond acceptors (Lipinski definition) is 7. The van der Waals surface area contributed by atoms with E-state index in [1.807, 2.05) is 48.5 Å². The van der Waals surface area contributed by atoms with Gasteiger partial charge in [-0.05, 0) is 82.0 Å². The lowest BCUT2D eigenvalue weighted by Crippen LogP contribution is -2.56. The summed E-state index contributed by atoms with van der Waals surface area (Å²) >= 11 is 0. The van der Waals surface area contributed by atoms with Crippen molar-refractivity contribution < 1.29 is 27.9 Å². The average molecular weight is 532 g/mol. The number of rotatable bonds is 6. The van der Waals surface area contributed by atoms with E-state index in [2.05, 4.69) is 32.6 Å². The largest absolute Gasteiger partial charge is 0.493 e. The van der Waals surface area contributed by atoms with Crippen LogP contribution in [0.5, 0.6) is 17.2 Å². The number of ether oxygens (including phenoxy) is 3. The number of piperidine rings is 1. The minimum Gasteiger partial charge on any atom is -0.493 e. The highest BCUT2D eigenvalue weighted by atomic mass is 19.1. The minimum atomic E-state index is -0.460. The normalized spacial score (nSPS) is 25.1. The smallest absolute Gasteiger partial charge is 0.482 e. The summed E-state index contributed by atoms with van der Waals surface area (Å²) in [6.45, 7) is 9.62. The van der Waals surface area contributed by atoms with E-state index in [1.165, 1.54) is 12.1 Å². The molecule has 0 radical (unpaired) electrons. The van der Waals surface area contributed by atoms with Crippen molar-refractivity contribution in [2.24, 2.45) is 5.92 Å². The Morgan fingerprint density at radius 1 is 0.974 bits per heavy atom. The second-order valence-corrected chi connectivity index (χ2v) is 11.5. The Balaban J connectivity index is 1.32. The third-order valence-corrected chi connectivity index (χ3v) is 8.53. The Bertz CT molecular complexity index is 1290. The second-order valence-electron chi connectivity index (χ2n) is 11.5. The van der Waals surface area contributed by atoms with Gasteiger partial charge in [-0.25, -0.2) is 9.37 Å². The fourth-order valence-corrected chi connectivity index (χ4v) is 5.64. The Labute approximate surface area is 229 Å². The number of pyridine rings is 1. The van der Waals surface area contributed by atoms with Crippen LogP contribution in [0.2, 0.25) is 0 Å². The van der Waals surface area contributed by atoms with Gasteiger partial charge in [0, 0.05) is 24.7 Å². The van der Waals surface area contributed by atoms with Gasteiger partial charge in [0.15, 0.2) is 11.5 Å². The molecule has 3 atom stereocenters. The van der Waals surface area contributed by atoms with Gasteiger partial charge in [-0.2, -0.15) is 0 Å². The maximum Gasteiger partial charge on any atom is 0.482 e. The molecule has 0 amide bonds. The zero-order valence-electron chi connectivity index (χ0n) is 22.8. The predicted octanol–water partition coefficient (Wildman–Crippen LogP) is 5.64. The van der Waals surface area contributed by atoms with E-state index < -0.39 is 18.3 Å². The summed E-state index contributed by atoms with van der Waals surface area (Å²) in [5.41, 5.74) is 0.147. The van der Waals surface area contributed by atoms with Crippen molar-refractivity contribution in [2.45, 2.75) is 57.2 Å². The lowest BCUT2D eigenvalue weighted by Gasteiger charge is -2.45.